The number of fused-ring (bicyclic) bond motifs is 1. The van der Waals surface area contributed by atoms with E-state index < -0.39 is 26.7 Å². The minimum absolute atomic E-state index is 0.0926. The molecule has 0 aliphatic rings. The molecule has 0 unspecified atom stereocenters. The van der Waals surface area contributed by atoms with Crippen molar-refractivity contribution in [2.45, 2.75) is 18.7 Å². The number of amides is 1. The molecule has 196 valence electrons. The van der Waals surface area contributed by atoms with Crippen molar-refractivity contribution in [1.82, 2.24) is 0 Å². The average Bonchev–Trinajstić information content (AvgIpc) is 2.83. The molecule has 9 nitrogen and oxygen atoms in total. The molecule has 38 heavy (non-hydrogen) atoms. The maximum atomic E-state index is 13.2. The van der Waals surface area contributed by atoms with Gasteiger partial charge >= 0.3 is 0 Å². The number of nitrogens with one attached hydrogen (secondary N) is 1. The smallest absolute Gasteiger partial charge is 0.297 e. The molecule has 0 radical (unpaired) electrons. The largest absolute Gasteiger partial charge is 0.505 e. The Bertz CT molecular complexity index is 1710. The van der Waals surface area contributed by atoms with Crippen LogP contribution in [0.3, 0.4) is 0 Å². The lowest BCUT2D eigenvalue weighted by Gasteiger charge is -2.13. The first-order chi connectivity index (χ1) is 18.0. The molecule has 0 aliphatic heterocycles. The summed E-state index contributed by atoms with van der Waals surface area (Å²) in [7, 11) is -4.67. The lowest BCUT2D eigenvalue weighted by molar-refractivity contribution is 0.102. The molecular weight excluding hydrogens is 553 g/mol. The summed E-state index contributed by atoms with van der Waals surface area (Å²) in [5.41, 5.74) is -0.00622. The van der Waals surface area contributed by atoms with Crippen LogP contribution < -0.4 is 10.1 Å². The number of azo groups is 1. The molecular formula is C26H21Cl2N3O6S. The van der Waals surface area contributed by atoms with Crippen molar-refractivity contribution in [3.63, 3.8) is 0 Å². The van der Waals surface area contributed by atoms with Gasteiger partial charge in [0, 0.05) is 16.5 Å². The third kappa shape index (κ3) is 5.73. The zero-order valence-electron chi connectivity index (χ0n) is 20.1. The Labute approximate surface area is 228 Å². The van der Waals surface area contributed by atoms with E-state index >= 15 is 0 Å². The number of phenols is 1. The van der Waals surface area contributed by atoms with E-state index in [0.29, 0.717) is 28.8 Å². The lowest BCUT2D eigenvalue weighted by atomic mass is 10.0. The topological polar surface area (TPSA) is 138 Å². The number of nitrogens with zero attached hydrogens (tertiary/aromatic N) is 2. The Morgan fingerprint density at radius 1 is 1.05 bits per heavy atom. The first-order valence-electron chi connectivity index (χ1n) is 11.2. The first-order valence-corrected chi connectivity index (χ1v) is 13.4. The molecule has 0 saturated carbocycles. The molecule has 12 heteroatoms. The van der Waals surface area contributed by atoms with Gasteiger partial charge < -0.3 is 15.2 Å². The van der Waals surface area contributed by atoms with Crippen LogP contribution >= 0.6 is 23.2 Å². The first kappa shape index (κ1) is 27.3. The second-order valence-electron chi connectivity index (χ2n) is 8.12. The summed E-state index contributed by atoms with van der Waals surface area (Å²) in [4.78, 5) is 12.7. The highest BCUT2D eigenvalue weighted by molar-refractivity contribution is 7.86. The quantitative estimate of drug-likeness (QED) is 0.155. The predicted octanol–water partition coefficient (Wildman–Crippen LogP) is 7.47. The number of benzene rings is 4. The Hall–Kier alpha value is -3.70. The fraction of sp³-hybridized carbons (Fsp3) is 0.115. The van der Waals surface area contributed by atoms with Gasteiger partial charge in [-0.3, -0.25) is 9.35 Å². The Morgan fingerprint density at radius 2 is 1.79 bits per heavy atom. The Morgan fingerprint density at radius 3 is 2.47 bits per heavy atom. The number of rotatable bonds is 7. The van der Waals surface area contributed by atoms with E-state index in [4.69, 9.17) is 27.9 Å². The normalized spacial score (nSPS) is 11.7. The number of carbonyl (C=O) groups excluding carboxylic acids is 1. The van der Waals surface area contributed by atoms with E-state index in [-0.39, 0.29) is 32.5 Å². The summed E-state index contributed by atoms with van der Waals surface area (Å²) >= 11 is 12.4. The van der Waals surface area contributed by atoms with Crippen molar-refractivity contribution in [3.8, 4) is 11.5 Å². The second kappa shape index (κ2) is 11.0. The van der Waals surface area contributed by atoms with Crippen LogP contribution in [-0.2, 0) is 10.1 Å². The zero-order valence-corrected chi connectivity index (χ0v) is 22.4. The van der Waals surface area contributed by atoms with Gasteiger partial charge in [-0.15, -0.1) is 10.2 Å². The summed E-state index contributed by atoms with van der Waals surface area (Å²) in [6.45, 7) is 3.72. The molecule has 0 aromatic heterocycles. The van der Waals surface area contributed by atoms with Gasteiger partial charge in [0.05, 0.1) is 22.9 Å². The van der Waals surface area contributed by atoms with Gasteiger partial charge in [-0.1, -0.05) is 47.5 Å². The van der Waals surface area contributed by atoms with E-state index in [1.54, 1.807) is 42.5 Å². The van der Waals surface area contributed by atoms with Gasteiger partial charge in [0.25, 0.3) is 16.0 Å². The van der Waals surface area contributed by atoms with Gasteiger partial charge in [0.15, 0.2) is 5.75 Å². The Balaban J connectivity index is 1.80. The van der Waals surface area contributed by atoms with Crippen molar-refractivity contribution in [2.24, 2.45) is 10.2 Å². The molecule has 0 spiro atoms. The highest BCUT2D eigenvalue weighted by Gasteiger charge is 2.22. The highest BCUT2D eigenvalue weighted by Crippen LogP contribution is 2.41. The number of halogens is 2. The van der Waals surface area contributed by atoms with E-state index in [9.17, 15) is 22.9 Å². The van der Waals surface area contributed by atoms with Crippen molar-refractivity contribution >= 4 is 67.1 Å². The molecule has 0 fully saturated rings. The van der Waals surface area contributed by atoms with Gasteiger partial charge in [-0.2, -0.15) is 8.42 Å². The van der Waals surface area contributed by atoms with Crippen LogP contribution in [-0.4, -0.2) is 30.6 Å². The fourth-order valence-electron chi connectivity index (χ4n) is 3.86. The maximum absolute atomic E-state index is 13.2. The standard InChI is InChI=1S/C26H21Cl2N3O6S/c1-3-37-17-8-9-21(20(28)13-17)29-26(33)19-11-15-6-4-5-7-18(15)23(24(19)32)31-30-22-12-16(27)10-14(2)25(22)38(34,35)36/h4-13,32H,3H2,1-2H3,(H,29,33)(H,34,35,36). The molecule has 4 rings (SSSR count). The number of anilines is 1. The minimum Gasteiger partial charge on any atom is -0.505 e. The second-order valence-corrected chi connectivity index (χ2v) is 10.3. The summed E-state index contributed by atoms with van der Waals surface area (Å²) in [6.07, 6.45) is 0. The number of hydrogen-bond acceptors (Lipinski definition) is 7. The molecule has 0 atom stereocenters. The molecule has 4 aromatic carbocycles. The number of aryl methyl sites for hydroxylation is 1. The molecule has 0 heterocycles. The number of phenolic OH excluding ortho intramolecular Hbond substituents is 1. The van der Waals surface area contributed by atoms with Crippen molar-refractivity contribution < 1.29 is 27.6 Å². The van der Waals surface area contributed by atoms with Crippen molar-refractivity contribution in [2.75, 3.05) is 11.9 Å². The Kier molecular flexibility index (Phi) is 7.89. The van der Waals surface area contributed by atoms with Crippen LogP contribution in [0, 0.1) is 6.92 Å². The van der Waals surface area contributed by atoms with Crippen LogP contribution in [0.1, 0.15) is 22.8 Å². The van der Waals surface area contributed by atoms with Crippen LogP contribution in [0.5, 0.6) is 11.5 Å². The zero-order chi connectivity index (χ0) is 27.6. The fourth-order valence-corrected chi connectivity index (χ4v) is 5.18. The van der Waals surface area contributed by atoms with E-state index in [1.807, 2.05) is 6.92 Å². The van der Waals surface area contributed by atoms with E-state index in [0.717, 1.165) is 0 Å². The van der Waals surface area contributed by atoms with Gasteiger partial charge in [0.2, 0.25) is 0 Å². The van der Waals surface area contributed by atoms with Crippen LogP contribution in [0.25, 0.3) is 10.8 Å². The molecule has 0 aliphatic carbocycles. The van der Waals surface area contributed by atoms with Crippen LogP contribution in [0.15, 0.2) is 75.8 Å². The minimum atomic E-state index is -4.67. The third-order valence-corrected chi connectivity index (χ3v) is 7.05. The highest BCUT2D eigenvalue weighted by atomic mass is 35.5. The van der Waals surface area contributed by atoms with Gasteiger partial charge in [-0.05, 0) is 55.1 Å². The molecule has 1 amide bonds. The van der Waals surface area contributed by atoms with Crippen LogP contribution in [0.4, 0.5) is 17.1 Å². The molecule has 3 N–H and O–H groups in total. The van der Waals surface area contributed by atoms with Crippen molar-refractivity contribution in [1.29, 1.82) is 0 Å². The number of carbonyl (C=O) groups is 1. The molecule has 0 saturated heterocycles. The summed E-state index contributed by atoms with van der Waals surface area (Å²) < 4.78 is 39.0. The monoisotopic (exact) mass is 573 g/mol. The lowest BCUT2D eigenvalue weighted by Crippen LogP contribution is -2.12. The predicted molar refractivity (Wildman–Crippen MR) is 146 cm³/mol. The summed E-state index contributed by atoms with van der Waals surface area (Å²) in [5.74, 6) is -0.639. The maximum Gasteiger partial charge on any atom is 0.297 e. The van der Waals surface area contributed by atoms with Crippen molar-refractivity contribution in [3.05, 3.63) is 81.8 Å². The van der Waals surface area contributed by atoms with Gasteiger partial charge in [0.1, 0.15) is 22.0 Å². The summed E-state index contributed by atoms with van der Waals surface area (Å²) in [6, 6.07) is 15.6. The average molecular weight is 574 g/mol. The molecule has 0 bridgehead atoms. The van der Waals surface area contributed by atoms with E-state index in [1.165, 1.54) is 25.1 Å². The summed E-state index contributed by atoms with van der Waals surface area (Å²) in [5, 5.41) is 23.2. The van der Waals surface area contributed by atoms with Gasteiger partial charge in [-0.25, -0.2) is 0 Å². The molecule has 4 aromatic rings. The van der Waals surface area contributed by atoms with E-state index in [2.05, 4.69) is 15.5 Å². The third-order valence-electron chi connectivity index (χ3n) is 5.48. The number of ether oxygens (including phenoxy) is 1. The number of aromatic hydroxyl groups is 1. The SMILES string of the molecule is CCOc1ccc(NC(=O)c2cc3ccccc3c(N=Nc3cc(Cl)cc(C)c3S(=O)(=O)O)c2O)c(Cl)c1. The number of hydrogen-bond donors (Lipinski definition) is 3. The van der Waals surface area contributed by atoms with Crippen LogP contribution in [0.2, 0.25) is 10.0 Å².